The Labute approximate surface area is 103 Å². The van der Waals surface area contributed by atoms with Crippen LogP contribution in [0.1, 0.15) is 18.1 Å². The Kier molecular flexibility index (Phi) is 4.56. The molecule has 1 unspecified atom stereocenters. The summed E-state index contributed by atoms with van der Waals surface area (Å²) in [5.41, 5.74) is -0.796. The van der Waals surface area contributed by atoms with Crippen molar-refractivity contribution in [2.75, 3.05) is 18.5 Å². The Bertz CT molecular complexity index is 452. The summed E-state index contributed by atoms with van der Waals surface area (Å²) in [4.78, 5) is 0. The number of nitrogens with one attached hydrogen (secondary N) is 1. The van der Waals surface area contributed by atoms with Crippen LogP contribution in [0.4, 0.5) is 18.9 Å². The summed E-state index contributed by atoms with van der Waals surface area (Å²) in [7, 11) is 0. The number of halogens is 3. The van der Waals surface area contributed by atoms with Crippen molar-refractivity contribution in [1.29, 1.82) is 5.26 Å². The molecule has 1 rings (SSSR count). The van der Waals surface area contributed by atoms with Crippen LogP contribution in [-0.4, -0.2) is 18.3 Å². The molecule has 0 aliphatic heterocycles. The number of rotatable bonds is 4. The van der Waals surface area contributed by atoms with E-state index < -0.39 is 11.7 Å². The molecule has 0 bridgehead atoms. The van der Waals surface area contributed by atoms with E-state index in [1.54, 1.807) is 13.0 Å². The predicted molar refractivity (Wildman–Crippen MR) is 60.9 cm³/mol. The van der Waals surface area contributed by atoms with E-state index in [2.05, 4.69) is 5.32 Å². The molecule has 0 saturated carbocycles. The van der Waals surface area contributed by atoms with Crippen molar-refractivity contribution in [3.63, 3.8) is 0 Å². The standard InChI is InChI=1S/C12H13F3N2O/c1-8(7-18)6-17-11-4-9(5-16)2-3-10(11)12(13,14)15/h2-4,8,17-18H,6-7H2,1H3. The minimum absolute atomic E-state index is 0.119. The Morgan fingerprint density at radius 3 is 2.61 bits per heavy atom. The van der Waals surface area contributed by atoms with Gasteiger partial charge in [0, 0.05) is 18.8 Å². The molecule has 0 aromatic heterocycles. The lowest BCUT2D eigenvalue weighted by Gasteiger charge is -2.16. The number of aliphatic hydroxyl groups is 1. The lowest BCUT2D eigenvalue weighted by molar-refractivity contribution is -0.136. The molecule has 0 saturated heterocycles. The summed E-state index contributed by atoms with van der Waals surface area (Å²) in [6.07, 6.45) is -4.47. The largest absolute Gasteiger partial charge is 0.418 e. The zero-order valence-corrected chi connectivity index (χ0v) is 9.75. The molecule has 0 amide bonds. The molecule has 0 aliphatic rings. The summed E-state index contributed by atoms with van der Waals surface area (Å²) >= 11 is 0. The monoisotopic (exact) mass is 258 g/mol. The highest BCUT2D eigenvalue weighted by Gasteiger charge is 2.33. The normalized spacial score (nSPS) is 12.9. The molecule has 2 N–H and O–H groups in total. The quantitative estimate of drug-likeness (QED) is 0.872. The second-order valence-electron chi connectivity index (χ2n) is 4.04. The van der Waals surface area contributed by atoms with Gasteiger partial charge in [-0.05, 0) is 24.1 Å². The van der Waals surface area contributed by atoms with Gasteiger partial charge in [0.05, 0.1) is 17.2 Å². The Hall–Kier alpha value is -1.74. The van der Waals surface area contributed by atoms with Gasteiger partial charge in [0.15, 0.2) is 0 Å². The lowest BCUT2D eigenvalue weighted by Crippen LogP contribution is -2.17. The Morgan fingerprint density at radius 1 is 1.44 bits per heavy atom. The van der Waals surface area contributed by atoms with E-state index in [-0.39, 0.29) is 30.3 Å². The molecule has 0 spiro atoms. The molecule has 0 aliphatic carbocycles. The van der Waals surface area contributed by atoms with E-state index >= 15 is 0 Å². The summed E-state index contributed by atoms with van der Waals surface area (Å²) in [6, 6.07) is 4.96. The first kappa shape index (κ1) is 14.3. The highest BCUT2D eigenvalue weighted by Crippen LogP contribution is 2.35. The number of anilines is 1. The van der Waals surface area contributed by atoms with Gasteiger partial charge >= 0.3 is 6.18 Å². The molecule has 0 fully saturated rings. The molecular formula is C12H13F3N2O. The summed E-state index contributed by atoms with van der Waals surface area (Å²) in [5.74, 6) is -0.170. The van der Waals surface area contributed by atoms with Gasteiger partial charge in [0.2, 0.25) is 0 Å². The van der Waals surface area contributed by atoms with Crippen LogP contribution in [0.3, 0.4) is 0 Å². The van der Waals surface area contributed by atoms with E-state index in [1.807, 2.05) is 0 Å². The van der Waals surface area contributed by atoms with E-state index in [4.69, 9.17) is 10.4 Å². The third-order valence-corrected chi connectivity index (χ3v) is 2.41. The average molecular weight is 258 g/mol. The third kappa shape index (κ3) is 3.64. The van der Waals surface area contributed by atoms with E-state index in [0.29, 0.717) is 0 Å². The van der Waals surface area contributed by atoms with E-state index in [9.17, 15) is 13.2 Å². The van der Waals surface area contributed by atoms with Crippen molar-refractivity contribution >= 4 is 5.69 Å². The van der Waals surface area contributed by atoms with Gasteiger partial charge < -0.3 is 10.4 Å². The maximum atomic E-state index is 12.7. The van der Waals surface area contributed by atoms with E-state index in [0.717, 1.165) is 18.2 Å². The van der Waals surface area contributed by atoms with Crippen molar-refractivity contribution in [3.05, 3.63) is 29.3 Å². The molecule has 6 heteroatoms. The van der Waals surface area contributed by atoms with Gasteiger partial charge in [-0.15, -0.1) is 0 Å². The number of nitriles is 1. The van der Waals surface area contributed by atoms with Crippen molar-refractivity contribution in [3.8, 4) is 6.07 Å². The van der Waals surface area contributed by atoms with Gasteiger partial charge in [0.1, 0.15) is 0 Å². The first-order valence-corrected chi connectivity index (χ1v) is 5.34. The van der Waals surface area contributed by atoms with Gasteiger partial charge in [-0.3, -0.25) is 0 Å². The number of benzene rings is 1. The number of hydrogen-bond acceptors (Lipinski definition) is 3. The second kappa shape index (κ2) is 5.74. The zero-order chi connectivity index (χ0) is 13.8. The molecule has 1 aromatic carbocycles. The van der Waals surface area contributed by atoms with Crippen molar-refractivity contribution < 1.29 is 18.3 Å². The highest BCUT2D eigenvalue weighted by atomic mass is 19.4. The number of alkyl halides is 3. The predicted octanol–water partition coefficient (Wildman–Crippen LogP) is 2.62. The molecule has 0 radical (unpaired) electrons. The fourth-order valence-electron chi connectivity index (χ4n) is 1.36. The van der Waals surface area contributed by atoms with Crippen LogP contribution in [0, 0.1) is 17.2 Å². The van der Waals surface area contributed by atoms with Crippen LogP contribution in [0.25, 0.3) is 0 Å². The fraction of sp³-hybridized carbons (Fsp3) is 0.417. The topological polar surface area (TPSA) is 56.0 Å². The van der Waals surface area contributed by atoms with Crippen LogP contribution in [0.15, 0.2) is 18.2 Å². The van der Waals surface area contributed by atoms with Crippen LogP contribution in [0.5, 0.6) is 0 Å². The van der Waals surface area contributed by atoms with Crippen molar-refractivity contribution in [2.45, 2.75) is 13.1 Å². The summed E-state index contributed by atoms with van der Waals surface area (Å²) in [6.45, 7) is 1.79. The minimum Gasteiger partial charge on any atom is -0.396 e. The van der Waals surface area contributed by atoms with Crippen LogP contribution >= 0.6 is 0 Å². The molecule has 0 heterocycles. The first-order valence-electron chi connectivity index (χ1n) is 5.34. The molecular weight excluding hydrogens is 245 g/mol. The number of aliphatic hydroxyl groups excluding tert-OH is 1. The summed E-state index contributed by atoms with van der Waals surface area (Å²) in [5, 5.41) is 20.1. The number of hydrogen-bond donors (Lipinski definition) is 2. The van der Waals surface area contributed by atoms with Gasteiger partial charge in [-0.1, -0.05) is 6.92 Å². The van der Waals surface area contributed by atoms with Crippen LogP contribution in [0.2, 0.25) is 0 Å². The maximum absolute atomic E-state index is 12.7. The SMILES string of the molecule is CC(CO)CNc1cc(C#N)ccc1C(F)(F)F. The third-order valence-electron chi connectivity index (χ3n) is 2.41. The lowest BCUT2D eigenvalue weighted by atomic mass is 10.1. The zero-order valence-electron chi connectivity index (χ0n) is 9.75. The molecule has 18 heavy (non-hydrogen) atoms. The fourth-order valence-corrected chi connectivity index (χ4v) is 1.36. The van der Waals surface area contributed by atoms with Crippen LogP contribution in [-0.2, 0) is 6.18 Å². The molecule has 1 aromatic rings. The van der Waals surface area contributed by atoms with E-state index in [1.165, 1.54) is 0 Å². The van der Waals surface area contributed by atoms with Crippen molar-refractivity contribution in [1.82, 2.24) is 0 Å². The molecule has 1 atom stereocenters. The van der Waals surface area contributed by atoms with Gasteiger partial charge in [-0.2, -0.15) is 18.4 Å². The number of nitrogens with zero attached hydrogens (tertiary/aromatic N) is 1. The smallest absolute Gasteiger partial charge is 0.396 e. The summed E-state index contributed by atoms with van der Waals surface area (Å²) < 4.78 is 38.2. The Balaban J connectivity index is 3.02. The highest BCUT2D eigenvalue weighted by molar-refractivity contribution is 5.57. The minimum atomic E-state index is -4.47. The second-order valence-corrected chi connectivity index (χ2v) is 4.04. The average Bonchev–Trinajstić information content (AvgIpc) is 2.34. The molecule has 98 valence electrons. The first-order chi connectivity index (χ1) is 8.38. The molecule has 3 nitrogen and oxygen atoms in total. The van der Waals surface area contributed by atoms with Gasteiger partial charge in [0.25, 0.3) is 0 Å². The van der Waals surface area contributed by atoms with Crippen LogP contribution < -0.4 is 5.32 Å². The van der Waals surface area contributed by atoms with Crippen molar-refractivity contribution in [2.24, 2.45) is 5.92 Å². The van der Waals surface area contributed by atoms with Gasteiger partial charge in [-0.25, -0.2) is 0 Å². The Morgan fingerprint density at radius 2 is 2.11 bits per heavy atom. The maximum Gasteiger partial charge on any atom is 0.418 e.